The van der Waals surface area contributed by atoms with E-state index in [4.69, 9.17) is 0 Å². The maximum atomic E-state index is 12.5. The summed E-state index contributed by atoms with van der Waals surface area (Å²) in [7, 11) is 0. The fourth-order valence-electron chi connectivity index (χ4n) is 3.05. The van der Waals surface area contributed by atoms with Gasteiger partial charge in [-0.1, -0.05) is 0 Å². The van der Waals surface area contributed by atoms with Gasteiger partial charge >= 0.3 is 0 Å². The maximum Gasteiger partial charge on any atom is 0.264 e. The van der Waals surface area contributed by atoms with E-state index in [0.717, 1.165) is 31.1 Å². The molecule has 4 rings (SSSR count). The number of hydrogen-bond acceptors (Lipinski definition) is 4. The first-order valence-electron chi connectivity index (χ1n) is 6.28. The molecule has 94 valence electrons. The Bertz CT molecular complexity index is 562. The van der Waals surface area contributed by atoms with Crippen molar-refractivity contribution in [2.45, 2.75) is 0 Å². The second kappa shape index (κ2) is 4.05. The molecule has 2 aliphatic heterocycles. The highest BCUT2D eigenvalue weighted by molar-refractivity contribution is 7.27. The molecule has 0 spiro atoms. The Hall–Kier alpha value is -0.910. The van der Waals surface area contributed by atoms with E-state index >= 15 is 0 Å². The highest BCUT2D eigenvalue weighted by Crippen LogP contribution is 2.33. The van der Waals surface area contributed by atoms with Gasteiger partial charge in [0.1, 0.15) is 0 Å². The van der Waals surface area contributed by atoms with Gasteiger partial charge in [0.2, 0.25) is 0 Å². The van der Waals surface area contributed by atoms with Gasteiger partial charge in [-0.3, -0.25) is 4.79 Å². The van der Waals surface area contributed by atoms with Crippen molar-refractivity contribution in [2.75, 3.05) is 26.2 Å². The topological polar surface area (TPSA) is 32.3 Å². The molecule has 2 saturated heterocycles. The first kappa shape index (κ1) is 11.0. The van der Waals surface area contributed by atoms with Crippen LogP contribution in [0.1, 0.15) is 9.67 Å². The van der Waals surface area contributed by atoms with Crippen molar-refractivity contribution in [1.82, 2.24) is 10.2 Å². The highest BCUT2D eigenvalue weighted by Gasteiger charge is 2.38. The SMILES string of the molecule is O=C(c1cc2sccc2s1)N1CC2CNCC2C1. The molecule has 2 aromatic heterocycles. The van der Waals surface area contributed by atoms with E-state index in [2.05, 4.69) is 22.8 Å². The lowest BCUT2D eigenvalue weighted by Gasteiger charge is -2.16. The summed E-state index contributed by atoms with van der Waals surface area (Å²) in [5.41, 5.74) is 0. The van der Waals surface area contributed by atoms with Gasteiger partial charge in [-0.25, -0.2) is 0 Å². The summed E-state index contributed by atoms with van der Waals surface area (Å²) in [6.45, 7) is 4.02. The van der Waals surface area contributed by atoms with Crippen molar-refractivity contribution >= 4 is 38.0 Å². The zero-order chi connectivity index (χ0) is 12.1. The predicted molar refractivity (Wildman–Crippen MR) is 75.5 cm³/mol. The summed E-state index contributed by atoms with van der Waals surface area (Å²) in [5.74, 6) is 1.59. The van der Waals surface area contributed by atoms with Crippen LogP contribution >= 0.6 is 22.7 Å². The van der Waals surface area contributed by atoms with Crippen molar-refractivity contribution in [2.24, 2.45) is 11.8 Å². The maximum absolute atomic E-state index is 12.5. The molecular weight excluding hydrogens is 264 g/mol. The highest BCUT2D eigenvalue weighted by atomic mass is 32.1. The Balaban J connectivity index is 1.58. The first-order valence-corrected chi connectivity index (χ1v) is 7.98. The lowest BCUT2D eigenvalue weighted by molar-refractivity contribution is 0.0786. The van der Waals surface area contributed by atoms with Crippen molar-refractivity contribution in [3.05, 3.63) is 22.4 Å². The molecule has 0 bridgehead atoms. The third-order valence-electron chi connectivity index (χ3n) is 4.03. The number of likely N-dealkylation sites (tertiary alicyclic amines) is 1. The minimum atomic E-state index is 0.234. The molecule has 2 aromatic rings. The predicted octanol–water partition coefficient (Wildman–Crippen LogP) is 2.25. The van der Waals surface area contributed by atoms with E-state index < -0.39 is 0 Å². The van der Waals surface area contributed by atoms with E-state index in [1.54, 1.807) is 22.7 Å². The van der Waals surface area contributed by atoms with Gasteiger partial charge < -0.3 is 10.2 Å². The molecule has 18 heavy (non-hydrogen) atoms. The summed E-state index contributed by atoms with van der Waals surface area (Å²) in [4.78, 5) is 15.4. The Morgan fingerprint density at radius 3 is 2.78 bits per heavy atom. The molecule has 2 fully saturated rings. The van der Waals surface area contributed by atoms with Crippen molar-refractivity contribution < 1.29 is 4.79 Å². The van der Waals surface area contributed by atoms with Crippen LogP contribution in [0.25, 0.3) is 9.40 Å². The van der Waals surface area contributed by atoms with Crippen molar-refractivity contribution in [1.29, 1.82) is 0 Å². The molecule has 4 heterocycles. The summed E-state index contributed by atoms with van der Waals surface area (Å²) in [6.07, 6.45) is 0. The zero-order valence-electron chi connectivity index (χ0n) is 9.89. The third-order valence-corrected chi connectivity index (χ3v) is 6.11. The lowest BCUT2D eigenvalue weighted by atomic mass is 10.0. The number of nitrogens with one attached hydrogen (secondary N) is 1. The lowest BCUT2D eigenvalue weighted by Crippen LogP contribution is -2.31. The van der Waals surface area contributed by atoms with Crippen LogP contribution in [0, 0.1) is 11.8 Å². The zero-order valence-corrected chi connectivity index (χ0v) is 11.5. The Morgan fingerprint density at radius 2 is 2.06 bits per heavy atom. The number of amides is 1. The molecule has 3 nitrogen and oxygen atoms in total. The Labute approximate surface area is 113 Å². The van der Waals surface area contributed by atoms with Crippen LogP contribution in [-0.2, 0) is 0 Å². The smallest absolute Gasteiger partial charge is 0.264 e. The molecule has 2 atom stereocenters. The minimum Gasteiger partial charge on any atom is -0.337 e. The molecule has 0 aromatic carbocycles. The summed E-state index contributed by atoms with van der Waals surface area (Å²) in [5, 5.41) is 5.49. The van der Waals surface area contributed by atoms with Gasteiger partial charge in [-0.2, -0.15) is 0 Å². The number of rotatable bonds is 1. The van der Waals surface area contributed by atoms with Gasteiger partial charge in [-0.05, 0) is 29.3 Å². The average Bonchev–Trinajstić information content (AvgIpc) is 3.06. The van der Waals surface area contributed by atoms with E-state index in [1.165, 1.54) is 9.40 Å². The van der Waals surface area contributed by atoms with Crippen LogP contribution in [0.3, 0.4) is 0 Å². The molecule has 5 heteroatoms. The number of thiophene rings is 2. The number of nitrogens with zero attached hydrogens (tertiary/aromatic N) is 1. The first-order chi connectivity index (χ1) is 8.81. The molecule has 2 unspecified atom stereocenters. The molecule has 0 aliphatic carbocycles. The second-order valence-electron chi connectivity index (χ2n) is 5.15. The van der Waals surface area contributed by atoms with E-state index in [1.807, 2.05) is 4.90 Å². The van der Waals surface area contributed by atoms with E-state index in [0.29, 0.717) is 11.8 Å². The van der Waals surface area contributed by atoms with Gasteiger partial charge in [0.15, 0.2) is 0 Å². The van der Waals surface area contributed by atoms with Crippen LogP contribution in [-0.4, -0.2) is 37.0 Å². The average molecular weight is 278 g/mol. The third kappa shape index (κ3) is 1.61. The van der Waals surface area contributed by atoms with Gasteiger partial charge in [-0.15, -0.1) is 22.7 Å². The fraction of sp³-hybridized carbons (Fsp3) is 0.462. The number of carbonyl (C=O) groups excluding carboxylic acids is 1. The molecule has 0 saturated carbocycles. The largest absolute Gasteiger partial charge is 0.337 e. The summed E-state index contributed by atoms with van der Waals surface area (Å²) < 4.78 is 2.48. The van der Waals surface area contributed by atoms with E-state index in [9.17, 15) is 4.79 Å². The van der Waals surface area contributed by atoms with Crippen molar-refractivity contribution in [3.63, 3.8) is 0 Å². The quantitative estimate of drug-likeness (QED) is 0.868. The second-order valence-corrected chi connectivity index (χ2v) is 7.18. The molecule has 1 amide bonds. The fourth-order valence-corrected chi connectivity index (χ4v) is 5.12. The van der Waals surface area contributed by atoms with Crippen molar-refractivity contribution in [3.8, 4) is 0 Å². The Morgan fingerprint density at radius 1 is 1.28 bits per heavy atom. The summed E-state index contributed by atoms with van der Waals surface area (Å²) in [6, 6.07) is 4.16. The van der Waals surface area contributed by atoms with Gasteiger partial charge in [0, 0.05) is 35.6 Å². The normalized spacial score (nSPS) is 27.0. The number of hydrogen-bond donors (Lipinski definition) is 1. The van der Waals surface area contributed by atoms with E-state index in [-0.39, 0.29) is 5.91 Å². The van der Waals surface area contributed by atoms with Crippen LogP contribution in [0.2, 0.25) is 0 Å². The van der Waals surface area contributed by atoms with Gasteiger partial charge in [0.25, 0.3) is 5.91 Å². The molecule has 0 radical (unpaired) electrons. The number of fused-ring (bicyclic) bond motifs is 2. The molecule has 2 aliphatic rings. The summed E-state index contributed by atoms with van der Waals surface area (Å²) >= 11 is 3.35. The van der Waals surface area contributed by atoms with Crippen LogP contribution in [0.4, 0.5) is 0 Å². The molecule has 1 N–H and O–H groups in total. The Kier molecular flexibility index (Phi) is 2.46. The van der Waals surface area contributed by atoms with Gasteiger partial charge in [0.05, 0.1) is 4.88 Å². The van der Waals surface area contributed by atoms with Crippen LogP contribution < -0.4 is 5.32 Å². The van der Waals surface area contributed by atoms with Crippen LogP contribution in [0.15, 0.2) is 17.5 Å². The molecular formula is C13H14N2OS2. The number of carbonyl (C=O) groups is 1. The minimum absolute atomic E-state index is 0.234. The standard InChI is InChI=1S/C13H14N2OS2/c16-13(12-3-11-10(18-12)1-2-17-11)15-6-8-4-14-5-9(8)7-15/h1-3,8-9,14H,4-7H2. The monoisotopic (exact) mass is 278 g/mol. The van der Waals surface area contributed by atoms with Crippen LogP contribution in [0.5, 0.6) is 0 Å².